The molecule has 2 aliphatic rings. The fraction of sp³-hybridized carbons (Fsp3) is 0.800. The Kier molecular flexibility index (Phi) is 3.08. The van der Waals surface area contributed by atoms with Gasteiger partial charge in [-0.05, 0) is 43.9 Å². The van der Waals surface area contributed by atoms with Gasteiger partial charge < -0.3 is 9.88 Å². The lowest BCUT2D eigenvalue weighted by Gasteiger charge is -2.25. The Morgan fingerprint density at radius 2 is 2.22 bits per heavy atom. The normalized spacial score (nSPS) is 30.3. The summed E-state index contributed by atoms with van der Waals surface area (Å²) in [5, 5.41) is 3.52. The number of hydrogen-bond donors (Lipinski definition) is 1. The van der Waals surface area contributed by atoms with Crippen molar-refractivity contribution in [2.24, 2.45) is 17.8 Å². The van der Waals surface area contributed by atoms with Crippen molar-refractivity contribution < 1.29 is 0 Å². The first kappa shape index (κ1) is 12.1. The predicted octanol–water partition coefficient (Wildman–Crippen LogP) is 3.62. The van der Waals surface area contributed by atoms with Gasteiger partial charge in [0.05, 0.1) is 5.69 Å². The molecule has 100 valence electrons. The maximum Gasteiger partial charge on any atom is 0.203 e. The van der Waals surface area contributed by atoms with E-state index in [2.05, 4.69) is 41.8 Å². The van der Waals surface area contributed by atoms with Crippen molar-refractivity contribution >= 4 is 5.95 Å². The molecule has 0 radical (unpaired) electrons. The summed E-state index contributed by atoms with van der Waals surface area (Å²) in [6.07, 6.45) is 7.95. The van der Waals surface area contributed by atoms with E-state index in [-0.39, 0.29) is 0 Å². The molecule has 1 aromatic rings. The SMILES string of the molecule is Cc1cn(C2CC3CCC2C3)c(NCC(C)C)n1. The highest BCUT2D eigenvalue weighted by atomic mass is 15.2. The van der Waals surface area contributed by atoms with Gasteiger partial charge >= 0.3 is 0 Å². The number of nitrogens with one attached hydrogen (secondary N) is 1. The first-order valence-corrected chi connectivity index (χ1v) is 7.43. The number of imidazole rings is 1. The molecule has 3 rings (SSSR count). The summed E-state index contributed by atoms with van der Waals surface area (Å²) in [4.78, 5) is 4.66. The van der Waals surface area contributed by atoms with Crippen LogP contribution in [-0.4, -0.2) is 16.1 Å². The van der Waals surface area contributed by atoms with E-state index < -0.39 is 0 Å². The third kappa shape index (κ3) is 2.15. The molecule has 1 N–H and O–H groups in total. The van der Waals surface area contributed by atoms with Gasteiger partial charge in [0, 0.05) is 18.8 Å². The van der Waals surface area contributed by atoms with E-state index in [1.54, 1.807) is 0 Å². The Bertz CT molecular complexity index is 421. The second kappa shape index (κ2) is 4.60. The van der Waals surface area contributed by atoms with Crippen LogP contribution in [-0.2, 0) is 0 Å². The fourth-order valence-corrected chi connectivity index (χ4v) is 3.75. The summed E-state index contributed by atoms with van der Waals surface area (Å²) < 4.78 is 2.43. The molecule has 0 aromatic carbocycles. The van der Waals surface area contributed by atoms with Crippen LogP contribution in [0.3, 0.4) is 0 Å². The van der Waals surface area contributed by atoms with E-state index in [1.807, 2.05) is 0 Å². The van der Waals surface area contributed by atoms with E-state index >= 15 is 0 Å². The molecule has 2 aliphatic carbocycles. The predicted molar refractivity (Wildman–Crippen MR) is 74.8 cm³/mol. The van der Waals surface area contributed by atoms with E-state index in [0.29, 0.717) is 12.0 Å². The third-order valence-corrected chi connectivity index (χ3v) is 4.58. The molecule has 0 aliphatic heterocycles. The summed E-state index contributed by atoms with van der Waals surface area (Å²) in [6.45, 7) is 7.59. The molecule has 2 saturated carbocycles. The molecule has 2 bridgehead atoms. The highest BCUT2D eigenvalue weighted by Gasteiger charge is 2.41. The summed E-state index contributed by atoms with van der Waals surface area (Å²) >= 11 is 0. The second-order valence-corrected chi connectivity index (χ2v) is 6.63. The van der Waals surface area contributed by atoms with E-state index in [1.165, 1.54) is 25.7 Å². The maximum absolute atomic E-state index is 4.66. The maximum atomic E-state index is 4.66. The number of nitrogens with zero attached hydrogens (tertiary/aromatic N) is 2. The minimum atomic E-state index is 0.662. The van der Waals surface area contributed by atoms with Crippen molar-refractivity contribution in [2.45, 2.75) is 52.5 Å². The average molecular weight is 247 g/mol. The monoisotopic (exact) mass is 247 g/mol. The summed E-state index contributed by atoms with van der Waals surface area (Å²) in [7, 11) is 0. The van der Waals surface area contributed by atoms with E-state index in [9.17, 15) is 0 Å². The Balaban J connectivity index is 1.78. The molecule has 0 spiro atoms. The summed E-state index contributed by atoms with van der Waals surface area (Å²) in [5.74, 6) is 3.65. The number of hydrogen-bond acceptors (Lipinski definition) is 2. The van der Waals surface area contributed by atoms with Crippen LogP contribution in [0.1, 0.15) is 51.3 Å². The molecule has 1 aromatic heterocycles. The van der Waals surface area contributed by atoms with Gasteiger partial charge in [0.2, 0.25) is 5.95 Å². The van der Waals surface area contributed by atoms with Gasteiger partial charge in [-0.25, -0.2) is 4.98 Å². The molecule has 0 saturated heterocycles. The molecule has 3 nitrogen and oxygen atoms in total. The van der Waals surface area contributed by atoms with Gasteiger partial charge in [0.1, 0.15) is 0 Å². The van der Waals surface area contributed by atoms with Crippen LogP contribution >= 0.6 is 0 Å². The van der Waals surface area contributed by atoms with Crippen LogP contribution in [0.5, 0.6) is 0 Å². The summed E-state index contributed by atoms with van der Waals surface area (Å²) in [6, 6.07) is 0.708. The minimum absolute atomic E-state index is 0.662. The quantitative estimate of drug-likeness (QED) is 0.880. The van der Waals surface area contributed by atoms with E-state index in [4.69, 9.17) is 0 Å². The topological polar surface area (TPSA) is 29.9 Å². The molecular weight excluding hydrogens is 222 g/mol. The van der Waals surface area contributed by atoms with Crippen molar-refractivity contribution in [3.8, 4) is 0 Å². The van der Waals surface area contributed by atoms with Gasteiger partial charge in [0.25, 0.3) is 0 Å². The molecule has 3 atom stereocenters. The van der Waals surface area contributed by atoms with E-state index in [0.717, 1.165) is 30.0 Å². The smallest absolute Gasteiger partial charge is 0.203 e. The molecule has 3 heteroatoms. The van der Waals surface area contributed by atoms with Crippen LogP contribution in [0, 0.1) is 24.7 Å². The van der Waals surface area contributed by atoms with Crippen LogP contribution in [0.25, 0.3) is 0 Å². The van der Waals surface area contributed by atoms with Gasteiger partial charge in [-0.15, -0.1) is 0 Å². The number of aryl methyl sites for hydroxylation is 1. The average Bonchev–Trinajstić information content (AvgIpc) is 2.99. The highest BCUT2D eigenvalue weighted by molar-refractivity contribution is 5.30. The van der Waals surface area contributed by atoms with Gasteiger partial charge in [-0.1, -0.05) is 20.3 Å². The van der Waals surface area contributed by atoms with Crippen molar-refractivity contribution in [1.29, 1.82) is 0 Å². The highest BCUT2D eigenvalue weighted by Crippen LogP contribution is 2.51. The van der Waals surface area contributed by atoms with Crippen molar-refractivity contribution in [3.05, 3.63) is 11.9 Å². The molecule has 3 unspecified atom stereocenters. The number of fused-ring (bicyclic) bond motifs is 2. The van der Waals surface area contributed by atoms with Crippen molar-refractivity contribution in [1.82, 2.24) is 9.55 Å². The van der Waals surface area contributed by atoms with Crippen LogP contribution in [0.4, 0.5) is 5.95 Å². The van der Waals surface area contributed by atoms with Gasteiger partial charge in [-0.3, -0.25) is 0 Å². The number of anilines is 1. The number of rotatable bonds is 4. The largest absolute Gasteiger partial charge is 0.355 e. The molecule has 2 fully saturated rings. The Hall–Kier alpha value is -0.990. The van der Waals surface area contributed by atoms with Crippen molar-refractivity contribution in [2.75, 3.05) is 11.9 Å². The lowest BCUT2D eigenvalue weighted by atomic mass is 9.95. The summed E-state index contributed by atoms with van der Waals surface area (Å²) in [5.41, 5.74) is 1.14. The lowest BCUT2D eigenvalue weighted by molar-refractivity contribution is 0.332. The molecular formula is C15H25N3. The van der Waals surface area contributed by atoms with Gasteiger partial charge in [0.15, 0.2) is 0 Å². The second-order valence-electron chi connectivity index (χ2n) is 6.63. The Morgan fingerprint density at radius 1 is 1.39 bits per heavy atom. The zero-order valence-electron chi connectivity index (χ0n) is 11.8. The third-order valence-electron chi connectivity index (χ3n) is 4.58. The van der Waals surface area contributed by atoms with Crippen LogP contribution in [0.2, 0.25) is 0 Å². The fourth-order valence-electron chi connectivity index (χ4n) is 3.75. The zero-order valence-corrected chi connectivity index (χ0v) is 11.8. The lowest BCUT2D eigenvalue weighted by Crippen LogP contribution is -2.19. The van der Waals surface area contributed by atoms with Crippen LogP contribution in [0.15, 0.2) is 6.20 Å². The number of aromatic nitrogens is 2. The Labute approximate surface area is 110 Å². The standard InChI is InChI=1S/C15H25N3/c1-10(2)8-16-15-17-11(3)9-18(15)14-7-12-4-5-13(14)6-12/h9-10,12-14H,4-8H2,1-3H3,(H,16,17). The Morgan fingerprint density at radius 3 is 2.83 bits per heavy atom. The molecule has 1 heterocycles. The zero-order chi connectivity index (χ0) is 12.7. The van der Waals surface area contributed by atoms with Gasteiger partial charge in [-0.2, -0.15) is 0 Å². The van der Waals surface area contributed by atoms with Crippen molar-refractivity contribution in [3.63, 3.8) is 0 Å². The minimum Gasteiger partial charge on any atom is -0.355 e. The molecule has 0 amide bonds. The first-order valence-electron chi connectivity index (χ1n) is 7.43. The first-order chi connectivity index (χ1) is 8.63. The van der Waals surface area contributed by atoms with Crippen LogP contribution < -0.4 is 5.32 Å². The molecule has 18 heavy (non-hydrogen) atoms.